The second-order valence-corrected chi connectivity index (χ2v) is 13.1. The Labute approximate surface area is 233 Å². The number of amides is 1. The lowest BCUT2D eigenvalue weighted by atomic mass is 10.0. The van der Waals surface area contributed by atoms with Crippen molar-refractivity contribution in [3.63, 3.8) is 0 Å². The van der Waals surface area contributed by atoms with E-state index in [1.807, 2.05) is 24.3 Å². The van der Waals surface area contributed by atoms with Crippen LogP contribution in [0.15, 0.2) is 77.7 Å². The highest BCUT2D eigenvalue weighted by Crippen LogP contribution is 2.45. The van der Waals surface area contributed by atoms with Crippen molar-refractivity contribution in [2.75, 3.05) is 23.6 Å². The Balaban J connectivity index is 1.26. The van der Waals surface area contributed by atoms with Crippen molar-refractivity contribution in [1.82, 2.24) is 9.88 Å². The molecule has 0 unspecified atom stereocenters. The largest absolute Gasteiger partial charge is 0.313 e. The van der Waals surface area contributed by atoms with Crippen LogP contribution in [0.25, 0.3) is 20.8 Å². The first-order valence-corrected chi connectivity index (χ1v) is 15.3. The molecule has 1 aliphatic rings. The molecular weight excluding hydrogens is 556 g/mol. The lowest BCUT2D eigenvalue weighted by Gasteiger charge is -2.22. The number of halogens is 1. The van der Waals surface area contributed by atoms with E-state index in [9.17, 15) is 17.6 Å². The van der Waals surface area contributed by atoms with Crippen LogP contribution in [0, 0.1) is 5.82 Å². The predicted molar refractivity (Wildman–Crippen MR) is 155 cm³/mol. The van der Waals surface area contributed by atoms with Crippen molar-refractivity contribution in [2.45, 2.75) is 17.9 Å². The average molecular weight is 579 g/mol. The van der Waals surface area contributed by atoms with Gasteiger partial charge in [-0.05, 0) is 79.7 Å². The lowest BCUT2D eigenvalue weighted by Crippen LogP contribution is -2.25. The van der Waals surface area contributed by atoms with Crippen LogP contribution in [0.2, 0.25) is 0 Å². The summed E-state index contributed by atoms with van der Waals surface area (Å²) in [5.41, 5.74) is 3.83. The number of carbonyl (C=O) groups is 1. The number of sulfonamides is 1. The molecule has 0 saturated carbocycles. The Morgan fingerprint density at radius 3 is 2.49 bits per heavy atom. The summed E-state index contributed by atoms with van der Waals surface area (Å²) in [5.74, 6) is -0.813. The summed E-state index contributed by atoms with van der Waals surface area (Å²) in [6.45, 7) is 1.75. The maximum absolute atomic E-state index is 13.3. The second-order valence-electron chi connectivity index (χ2n) is 9.27. The maximum Gasteiger partial charge on any atom is 0.261 e. The van der Waals surface area contributed by atoms with Crippen molar-refractivity contribution < 1.29 is 17.6 Å². The zero-order chi connectivity index (χ0) is 27.1. The number of para-hydroxylation sites is 1. The van der Waals surface area contributed by atoms with Crippen molar-refractivity contribution in [3.05, 3.63) is 94.6 Å². The van der Waals surface area contributed by atoms with Crippen molar-refractivity contribution in [2.24, 2.45) is 0 Å². The van der Waals surface area contributed by atoms with E-state index < -0.39 is 15.8 Å². The van der Waals surface area contributed by atoms with Crippen LogP contribution < -0.4 is 10.0 Å². The first kappa shape index (κ1) is 25.6. The highest BCUT2D eigenvalue weighted by atomic mass is 32.2. The number of hydrogen-bond acceptors (Lipinski definition) is 7. The molecule has 0 radical (unpaired) electrons. The number of benzene rings is 3. The van der Waals surface area contributed by atoms with Crippen LogP contribution in [0.3, 0.4) is 0 Å². The summed E-state index contributed by atoms with van der Waals surface area (Å²) in [5, 5.41) is 4.75. The van der Waals surface area contributed by atoms with Gasteiger partial charge in [0.25, 0.3) is 15.9 Å². The molecule has 6 rings (SSSR count). The summed E-state index contributed by atoms with van der Waals surface area (Å²) in [6, 6.07) is 18.8. The molecule has 1 amide bonds. The summed E-state index contributed by atoms with van der Waals surface area (Å²) < 4.78 is 41.9. The topological polar surface area (TPSA) is 91.4 Å². The van der Waals surface area contributed by atoms with Gasteiger partial charge in [0.2, 0.25) is 0 Å². The number of nitrogens with one attached hydrogen (secondary N) is 2. The molecule has 0 saturated heterocycles. The number of rotatable bonds is 6. The molecule has 3 heterocycles. The highest BCUT2D eigenvalue weighted by molar-refractivity contribution is 7.92. The number of thiazole rings is 1. The van der Waals surface area contributed by atoms with Gasteiger partial charge in [0.15, 0.2) is 0 Å². The summed E-state index contributed by atoms with van der Waals surface area (Å²) >= 11 is 3.19. The van der Waals surface area contributed by atoms with Crippen molar-refractivity contribution in [3.8, 4) is 10.6 Å². The number of aromatic nitrogens is 1. The molecule has 1 aliphatic heterocycles. The van der Waals surface area contributed by atoms with Gasteiger partial charge in [0.1, 0.15) is 15.8 Å². The molecule has 5 aromatic rings. The number of fused-ring (bicyclic) bond motifs is 2. The molecule has 7 nitrogen and oxygen atoms in total. The third kappa shape index (κ3) is 5.18. The molecule has 2 aromatic heterocycles. The number of likely N-dealkylation sites (N-methyl/N-ethyl adjacent to an activating group) is 1. The Bertz CT molecular complexity index is 1760. The minimum Gasteiger partial charge on any atom is -0.313 e. The summed E-state index contributed by atoms with van der Waals surface area (Å²) in [7, 11) is -1.80. The minimum absolute atomic E-state index is 0.0552. The van der Waals surface area contributed by atoms with Crippen LogP contribution in [0.4, 0.5) is 15.1 Å². The zero-order valence-corrected chi connectivity index (χ0v) is 23.2. The van der Waals surface area contributed by atoms with Gasteiger partial charge in [-0.1, -0.05) is 12.1 Å². The molecule has 0 bridgehead atoms. The van der Waals surface area contributed by atoms with Crippen LogP contribution in [-0.4, -0.2) is 37.8 Å². The molecule has 11 heteroatoms. The number of nitrogens with zero attached hydrogens (tertiary/aromatic N) is 2. The SMILES string of the molecule is CN1CCc2c(sc(NC(=O)c3ccc(NS(=O)(=O)c4ccc(F)cc4)cc3)c2-c2nc3ccccc3s2)C1. The van der Waals surface area contributed by atoms with Gasteiger partial charge in [0.05, 0.1) is 15.1 Å². The fourth-order valence-electron chi connectivity index (χ4n) is 4.52. The van der Waals surface area contributed by atoms with Gasteiger partial charge in [-0.15, -0.1) is 22.7 Å². The number of thiophene rings is 1. The standard InChI is InChI=1S/C28H23FN4O3S3/c1-33-15-14-21-24(16-33)38-28(25(21)27-30-22-4-2-3-5-23(22)37-27)31-26(34)17-6-10-19(11-7-17)32-39(35,36)20-12-8-18(29)9-13-20/h2-13,32H,14-16H2,1H3,(H,31,34). The molecule has 0 atom stereocenters. The van der Waals surface area contributed by atoms with Crippen molar-refractivity contribution in [1.29, 1.82) is 0 Å². The van der Waals surface area contributed by atoms with Gasteiger partial charge in [0, 0.05) is 34.8 Å². The third-order valence-electron chi connectivity index (χ3n) is 6.51. The molecule has 39 heavy (non-hydrogen) atoms. The van der Waals surface area contributed by atoms with Gasteiger partial charge >= 0.3 is 0 Å². The van der Waals surface area contributed by atoms with Crippen LogP contribution in [-0.2, 0) is 23.0 Å². The minimum atomic E-state index is -3.89. The third-order valence-corrected chi connectivity index (χ3v) is 10.1. The fourth-order valence-corrected chi connectivity index (χ4v) is 8.01. The van der Waals surface area contributed by atoms with E-state index in [2.05, 4.69) is 22.0 Å². The van der Waals surface area contributed by atoms with E-state index in [4.69, 9.17) is 4.98 Å². The molecular formula is C28H23FN4O3S3. The second kappa shape index (κ2) is 10.2. The average Bonchev–Trinajstić information content (AvgIpc) is 3.49. The number of hydrogen-bond donors (Lipinski definition) is 2. The van der Waals surface area contributed by atoms with E-state index in [-0.39, 0.29) is 10.8 Å². The highest BCUT2D eigenvalue weighted by Gasteiger charge is 2.27. The molecule has 198 valence electrons. The van der Waals surface area contributed by atoms with Gasteiger partial charge in [-0.3, -0.25) is 9.52 Å². The number of carbonyl (C=O) groups excluding carboxylic acids is 1. The Kier molecular flexibility index (Phi) is 6.67. The Hall–Kier alpha value is -3.64. The Morgan fingerprint density at radius 2 is 1.74 bits per heavy atom. The first-order valence-electron chi connectivity index (χ1n) is 12.2. The quantitative estimate of drug-likeness (QED) is 0.250. The Morgan fingerprint density at radius 1 is 1.00 bits per heavy atom. The summed E-state index contributed by atoms with van der Waals surface area (Å²) in [6.07, 6.45) is 0.881. The maximum atomic E-state index is 13.3. The lowest BCUT2D eigenvalue weighted by molar-refractivity contribution is 0.102. The van der Waals surface area contributed by atoms with Gasteiger partial charge < -0.3 is 10.2 Å². The fraction of sp³-hybridized carbons (Fsp3) is 0.143. The predicted octanol–water partition coefficient (Wildman–Crippen LogP) is 6.20. The normalized spacial score (nSPS) is 13.8. The first-order chi connectivity index (χ1) is 18.8. The van der Waals surface area contributed by atoms with E-state index in [1.165, 1.54) is 34.7 Å². The molecule has 2 N–H and O–H groups in total. The van der Waals surface area contributed by atoms with Gasteiger partial charge in [-0.25, -0.2) is 17.8 Å². The molecule has 0 spiro atoms. The van der Waals surface area contributed by atoms with Crippen molar-refractivity contribution >= 4 is 59.5 Å². The van der Waals surface area contributed by atoms with Gasteiger partial charge in [-0.2, -0.15) is 0 Å². The van der Waals surface area contributed by atoms with Crippen LogP contribution >= 0.6 is 22.7 Å². The summed E-state index contributed by atoms with van der Waals surface area (Å²) in [4.78, 5) is 21.6. The molecule has 3 aromatic carbocycles. The molecule has 0 fully saturated rings. The number of anilines is 2. The molecule has 0 aliphatic carbocycles. The van der Waals surface area contributed by atoms with E-state index in [0.717, 1.165) is 57.4 Å². The van der Waals surface area contributed by atoms with Crippen LogP contribution in [0.5, 0.6) is 0 Å². The van der Waals surface area contributed by atoms with Crippen LogP contribution in [0.1, 0.15) is 20.8 Å². The van der Waals surface area contributed by atoms with E-state index in [0.29, 0.717) is 11.3 Å². The van der Waals surface area contributed by atoms with E-state index in [1.54, 1.807) is 34.8 Å². The van der Waals surface area contributed by atoms with E-state index >= 15 is 0 Å². The zero-order valence-electron chi connectivity index (χ0n) is 20.8. The monoisotopic (exact) mass is 578 g/mol. The smallest absolute Gasteiger partial charge is 0.261 e.